The normalized spacial score (nSPS) is 17.5. The highest BCUT2D eigenvalue weighted by Gasteiger charge is 2.34. The molecule has 1 atom stereocenters. The van der Waals surface area contributed by atoms with E-state index < -0.39 is 26.0 Å². The second-order valence-corrected chi connectivity index (χ2v) is 12.7. The van der Waals surface area contributed by atoms with E-state index in [0.717, 1.165) is 4.31 Å². The van der Waals surface area contributed by atoms with Crippen molar-refractivity contribution in [2.45, 2.75) is 29.6 Å². The van der Waals surface area contributed by atoms with Gasteiger partial charge in [-0.1, -0.05) is 17.7 Å². The molecule has 34 heavy (non-hydrogen) atoms. The molecule has 186 valence electrons. The lowest BCUT2D eigenvalue weighted by molar-refractivity contribution is -0.120. The number of sulfonamides is 2. The highest BCUT2D eigenvalue weighted by atomic mass is 35.5. The quantitative estimate of drug-likeness (QED) is 0.590. The second-order valence-electron chi connectivity index (χ2n) is 8.25. The molecule has 1 heterocycles. The van der Waals surface area contributed by atoms with E-state index in [-0.39, 0.29) is 33.8 Å². The zero-order valence-electron chi connectivity index (χ0n) is 19.4. The lowest BCUT2D eigenvalue weighted by Crippen LogP contribution is -2.43. The van der Waals surface area contributed by atoms with Crippen molar-refractivity contribution in [3.05, 3.63) is 47.0 Å². The van der Waals surface area contributed by atoms with Crippen molar-refractivity contribution in [1.29, 1.82) is 0 Å². The van der Waals surface area contributed by atoms with Gasteiger partial charge >= 0.3 is 0 Å². The van der Waals surface area contributed by atoms with E-state index in [9.17, 15) is 21.6 Å². The van der Waals surface area contributed by atoms with Gasteiger partial charge in [-0.15, -0.1) is 0 Å². The third kappa shape index (κ3) is 5.38. The predicted molar refractivity (Wildman–Crippen MR) is 130 cm³/mol. The topological polar surface area (TPSA) is 113 Å². The Kier molecular flexibility index (Phi) is 7.93. The van der Waals surface area contributed by atoms with Gasteiger partial charge in [0.25, 0.3) is 0 Å². The number of benzene rings is 2. The molecule has 1 amide bonds. The van der Waals surface area contributed by atoms with E-state index in [2.05, 4.69) is 5.32 Å². The molecular formula is C22H28ClN3O6S2. The number of rotatable bonds is 7. The summed E-state index contributed by atoms with van der Waals surface area (Å²) in [4.78, 5) is 13.1. The first-order chi connectivity index (χ1) is 15.9. The number of methoxy groups -OCH3 is 1. The molecule has 0 aliphatic carbocycles. The minimum Gasteiger partial charge on any atom is -0.495 e. The molecule has 2 aromatic carbocycles. The molecule has 3 rings (SSSR count). The first-order valence-corrected chi connectivity index (χ1v) is 13.8. The fourth-order valence-electron chi connectivity index (χ4n) is 3.67. The number of carbonyl (C=O) groups is 1. The third-order valence-corrected chi connectivity index (χ3v) is 9.73. The van der Waals surface area contributed by atoms with Crippen molar-refractivity contribution in [3.8, 4) is 5.75 Å². The molecule has 2 aromatic rings. The predicted octanol–water partition coefficient (Wildman–Crippen LogP) is 2.95. The Labute approximate surface area is 205 Å². The van der Waals surface area contributed by atoms with Gasteiger partial charge in [-0.2, -0.15) is 4.31 Å². The number of hydrogen-bond donors (Lipinski definition) is 1. The van der Waals surface area contributed by atoms with E-state index >= 15 is 0 Å². The number of aryl methyl sites for hydroxylation is 1. The van der Waals surface area contributed by atoms with Gasteiger partial charge in [0.15, 0.2) is 0 Å². The number of anilines is 1. The molecule has 1 fully saturated rings. The number of piperidine rings is 1. The average molecular weight is 530 g/mol. The third-order valence-electron chi connectivity index (χ3n) is 5.76. The minimum atomic E-state index is -3.86. The van der Waals surface area contributed by atoms with Gasteiger partial charge in [-0.05, 0) is 55.7 Å². The monoisotopic (exact) mass is 529 g/mol. The Bertz CT molecular complexity index is 1300. The first kappa shape index (κ1) is 26.4. The Morgan fingerprint density at radius 2 is 1.79 bits per heavy atom. The molecule has 0 unspecified atom stereocenters. The van der Waals surface area contributed by atoms with E-state index in [1.54, 1.807) is 13.0 Å². The van der Waals surface area contributed by atoms with Crippen LogP contribution in [0.3, 0.4) is 0 Å². The highest BCUT2D eigenvalue weighted by Crippen LogP contribution is 2.31. The molecule has 0 bridgehead atoms. The van der Waals surface area contributed by atoms with Crippen molar-refractivity contribution in [1.82, 2.24) is 8.61 Å². The molecule has 1 saturated heterocycles. The van der Waals surface area contributed by atoms with E-state index in [1.807, 2.05) is 0 Å². The number of amides is 1. The van der Waals surface area contributed by atoms with Crippen LogP contribution in [0.5, 0.6) is 5.75 Å². The minimum absolute atomic E-state index is 0.00650. The fourth-order valence-corrected chi connectivity index (χ4v) is 6.47. The molecule has 0 saturated carbocycles. The van der Waals surface area contributed by atoms with Crippen LogP contribution >= 0.6 is 11.6 Å². The molecule has 1 aliphatic rings. The summed E-state index contributed by atoms with van der Waals surface area (Å²) < 4.78 is 58.7. The van der Waals surface area contributed by atoms with Gasteiger partial charge in [0, 0.05) is 32.9 Å². The summed E-state index contributed by atoms with van der Waals surface area (Å²) >= 11 is 6.11. The van der Waals surface area contributed by atoms with Gasteiger partial charge in [-0.3, -0.25) is 4.79 Å². The molecule has 0 radical (unpaired) electrons. The van der Waals surface area contributed by atoms with Gasteiger partial charge in [-0.25, -0.2) is 21.1 Å². The van der Waals surface area contributed by atoms with Crippen LogP contribution in [0.2, 0.25) is 5.02 Å². The molecule has 12 heteroatoms. The number of hydrogen-bond acceptors (Lipinski definition) is 6. The smallest absolute Gasteiger partial charge is 0.243 e. The molecular weight excluding hydrogens is 502 g/mol. The Morgan fingerprint density at radius 1 is 1.12 bits per heavy atom. The summed E-state index contributed by atoms with van der Waals surface area (Å²) in [5.74, 6) is -0.591. The van der Waals surface area contributed by atoms with Crippen LogP contribution in [0.4, 0.5) is 5.69 Å². The van der Waals surface area contributed by atoms with Crippen LogP contribution in [0.1, 0.15) is 18.4 Å². The summed E-state index contributed by atoms with van der Waals surface area (Å²) in [5.41, 5.74) is 1.06. The maximum atomic E-state index is 13.2. The van der Waals surface area contributed by atoms with E-state index in [0.29, 0.717) is 29.8 Å². The van der Waals surface area contributed by atoms with E-state index in [1.165, 1.54) is 55.8 Å². The fraction of sp³-hybridized carbons (Fsp3) is 0.409. The average Bonchev–Trinajstić information content (AvgIpc) is 2.80. The maximum absolute atomic E-state index is 13.2. The molecule has 1 aliphatic heterocycles. The van der Waals surface area contributed by atoms with Gasteiger partial charge in [0.05, 0.1) is 27.8 Å². The Hall–Kier alpha value is -2.18. The number of carbonyl (C=O) groups excluding carboxylic acids is 1. The van der Waals surface area contributed by atoms with Crippen LogP contribution in [0.25, 0.3) is 0 Å². The van der Waals surface area contributed by atoms with Crippen LogP contribution in [0.15, 0.2) is 46.2 Å². The van der Waals surface area contributed by atoms with Crippen molar-refractivity contribution in [3.63, 3.8) is 0 Å². The van der Waals surface area contributed by atoms with Gasteiger partial charge < -0.3 is 10.1 Å². The standard InChI is InChI=1S/C22H28ClN3O6S2/c1-15-7-8-18(33(28,29)25(2)3)13-20(15)24-22(27)16-6-5-11-26(14-16)34(30,31)17-9-10-21(32-4)19(23)12-17/h7-10,12-13,16H,5-6,11,14H2,1-4H3,(H,24,27)/t16-/m1/s1. The number of ether oxygens (including phenoxy) is 1. The Morgan fingerprint density at radius 3 is 2.41 bits per heavy atom. The SMILES string of the molecule is COc1ccc(S(=O)(=O)N2CCC[C@@H](C(=O)Nc3cc(S(=O)(=O)N(C)C)ccc3C)C2)cc1Cl. The van der Waals surface area contributed by atoms with Crippen molar-refractivity contribution in [2.75, 3.05) is 39.6 Å². The van der Waals surface area contributed by atoms with E-state index in [4.69, 9.17) is 16.3 Å². The second kappa shape index (κ2) is 10.2. The molecule has 0 aromatic heterocycles. The zero-order chi connectivity index (χ0) is 25.3. The number of halogens is 1. The lowest BCUT2D eigenvalue weighted by atomic mass is 9.98. The van der Waals surface area contributed by atoms with Crippen LogP contribution in [-0.2, 0) is 24.8 Å². The molecule has 0 spiro atoms. The van der Waals surface area contributed by atoms with Gasteiger partial charge in [0.2, 0.25) is 26.0 Å². The number of nitrogens with one attached hydrogen (secondary N) is 1. The van der Waals surface area contributed by atoms with Crippen LogP contribution < -0.4 is 10.1 Å². The first-order valence-electron chi connectivity index (χ1n) is 10.6. The summed E-state index contributed by atoms with van der Waals surface area (Å²) in [6.45, 7) is 2.05. The number of nitrogens with zero attached hydrogens (tertiary/aromatic N) is 2. The largest absolute Gasteiger partial charge is 0.495 e. The highest BCUT2D eigenvalue weighted by molar-refractivity contribution is 7.89. The maximum Gasteiger partial charge on any atom is 0.243 e. The van der Waals surface area contributed by atoms with Crippen molar-refractivity contribution in [2.24, 2.45) is 5.92 Å². The lowest BCUT2D eigenvalue weighted by Gasteiger charge is -2.31. The summed E-state index contributed by atoms with van der Waals surface area (Å²) in [5, 5.41) is 2.96. The molecule has 1 N–H and O–H groups in total. The summed E-state index contributed by atoms with van der Waals surface area (Å²) in [6.07, 6.45) is 1.02. The van der Waals surface area contributed by atoms with Crippen molar-refractivity contribution >= 4 is 43.2 Å². The molecule has 9 nitrogen and oxygen atoms in total. The summed E-state index contributed by atoms with van der Waals surface area (Å²) in [6, 6.07) is 8.76. The van der Waals surface area contributed by atoms with Crippen molar-refractivity contribution < 1.29 is 26.4 Å². The summed E-state index contributed by atoms with van der Waals surface area (Å²) in [7, 11) is -3.23. The van der Waals surface area contributed by atoms with Gasteiger partial charge in [0.1, 0.15) is 5.75 Å². The Balaban J connectivity index is 1.79. The van der Waals surface area contributed by atoms with Crippen LogP contribution in [-0.4, -0.2) is 65.6 Å². The zero-order valence-corrected chi connectivity index (χ0v) is 21.8. The van der Waals surface area contributed by atoms with Crippen LogP contribution in [0, 0.1) is 12.8 Å².